The lowest BCUT2D eigenvalue weighted by molar-refractivity contribution is 0.0949. The summed E-state index contributed by atoms with van der Waals surface area (Å²) < 4.78 is 5.35. The molecule has 6 heteroatoms. The minimum atomic E-state index is -0.225. The van der Waals surface area contributed by atoms with E-state index < -0.39 is 0 Å². The van der Waals surface area contributed by atoms with E-state index in [1.165, 1.54) is 5.56 Å². The third kappa shape index (κ3) is 5.31. The lowest BCUT2D eigenvalue weighted by Crippen LogP contribution is -2.27. The zero-order valence-electron chi connectivity index (χ0n) is 17.0. The zero-order valence-corrected chi connectivity index (χ0v) is 17.0. The largest absolute Gasteiger partial charge is 0.496 e. The fourth-order valence-corrected chi connectivity index (χ4v) is 3.12. The number of amides is 1. The van der Waals surface area contributed by atoms with E-state index in [1.54, 1.807) is 13.2 Å². The molecule has 0 radical (unpaired) electrons. The van der Waals surface area contributed by atoms with E-state index in [1.807, 2.05) is 49.4 Å². The molecule has 3 aromatic rings. The van der Waals surface area contributed by atoms with E-state index >= 15 is 0 Å². The second kappa shape index (κ2) is 9.68. The van der Waals surface area contributed by atoms with Gasteiger partial charge in [-0.1, -0.05) is 43.3 Å². The lowest BCUT2D eigenvalue weighted by atomic mass is 10.1. The number of benzene rings is 2. The topological polar surface area (TPSA) is 76.1 Å². The predicted octanol–water partition coefficient (Wildman–Crippen LogP) is 4.07. The third-order valence-electron chi connectivity index (χ3n) is 4.60. The fraction of sp³-hybridized carbons (Fsp3) is 0.261. The quantitative estimate of drug-likeness (QED) is 0.606. The van der Waals surface area contributed by atoms with Crippen LogP contribution in [0.15, 0.2) is 54.6 Å². The van der Waals surface area contributed by atoms with E-state index in [9.17, 15) is 4.79 Å². The van der Waals surface area contributed by atoms with E-state index in [2.05, 4.69) is 33.6 Å². The van der Waals surface area contributed by atoms with Crippen LogP contribution in [-0.4, -0.2) is 29.5 Å². The second-order valence-corrected chi connectivity index (χ2v) is 6.67. The second-order valence-electron chi connectivity index (χ2n) is 6.67. The van der Waals surface area contributed by atoms with Crippen LogP contribution in [0.4, 0.5) is 11.6 Å². The molecule has 0 fully saturated rings. The molecule has 0 bridgehead atoms. The monoisotopic (exact) mass is 390 g/mol. The van der Waals surface area contributed by atoms with Crippen molar-refractivity contribution in [3.05, 3.63) is 77.1 Å². The summed E-state index contributed by atoms with van der Waals surface area (Å²) >= 11 is 0. The summed E-state index contributed by atoms with van der Waals surface area (Å²) in [6, 6.07) is 17.5. The Morgan fingerprint density at radius 1 is 1.03 bits per heavy atom. The number of methoxy groups -OCH3 is 1. The maximum absolute atomic E-state index is 12.6. The number of hydrogen-bond donors (Lipinski definition) is 2. The number of aromatic nitrogens is 2. The summed E-state index contributed by atoms with van der Waals surface area (Å²) in [4.78, 5) is 21.4. The molecule has 1 amide bonds. The Kier molecular flexibility index (Phi) is 6.79. The molecule has 0 aliphatic carbocycles. The van der Waals surface area contributed by atoms with Gasteiger partial charge >= 0.3 is 0 Å². The molecule has 2 aromatic carbocycles. The van der Waals surface area contributed by atoms with Crippen LogP contribution in [0, 0.1) is 6.92 Å². The molecule has 150 valence electrons. The van der Waals surface area contributed by atoms with Gasteiger partial charge in [0.25, 0.3) is 5.91 Å². The Morgan fingerprint density at radius 2 is 1.76 bits per heavy atom. The van der Waals surface area contributed by atoms with E-state index in [0.717, 1.165) is 29.1 Å². The molecule has 0 atom stereocenters. The smallest absolute Gasteiger partial charge is 0.270 e. The van der Waals surface area contributed by atoms with Gasteiger partial charge in [-0.2, -0.15) is 0 Å². The molecule has 0 saturated heterocycles. The van der Waals surface area contributed by atoms with Crippen LogP contribution in [0.2, 0.25) is 0 Å². The average Bonchev–Trinajstić information content (AvgIpc) is 2.74. The molecule has 0 unspecified atom stereocenters. The van der Waals surface area contributed by atoms with Crippen molar-refractivity contribution in [3.63, 3.8) is 0 Å². The Bertz CT molecular complexity index is 988. The first-order chi connectivity index (χ1) is 14.1. The summed E-state index contributed by atoms with van der Waals surface area (Å²) in [5.74, 6) is 1.01. The Labute approximate surface area is 171 Å². The van der Waals surface area contributed by atoms with Gasteiger partial charge in [0.1, 0.15) is 11.4 Å². The first-order valence-electron chi connectivity index (χ1n) is 9.71. The number of para-hydroxylation sites is 2. The van der Waals surface area contributed by atoms with Crippen molar-refractivity contribution < 1.29 is 9.53 Å². The normalized spacial score (nSPS) is 10.4. The highest BCUT2D eigenvalue weighted by Crippen LogP contribution is 2.20. The zero-order chi connectivity index (χ0) is 20.6. The van der Waals surface area contributed by atoms with Gasteiger partial charge in [-0.25, -0.2) is 9.97 Å². The molecule has 0 saturated carbocycles. The molecule has 0 aliphatic heterocycles. The van der Waals surface area contributed by atoms with Gasteiger partial charge in [0.2, 0.25) is 5.95 Å². The maximum Gasteiger partial charge on any atom is 0.270 e. The van der Waals surface area contributed by atoms with Crippen LogP contribution < -0.4 is 15.4 Å². The molecule has 3 rings (SSSR count). The molecule has 1 heterocycles. The Hall–Kier alpha value is -3.41. The molecule has 1 aromatic heterocycles. The van der Waals surface area contributed by atoms with Crippen molar-refractivity contribution in [2.45, 2.75) is 26.7 Å². The highest BCUT2D eigenvalue weighted by molar-refractivity contribution is 5.92. The van der Waals surface area contributed by atoms with Crippen LogP contribution in [0.5, 0.6) is 5.75 Å². The van der Waals surface area contributed by atoms with Gasteiger partial charge in [-0.3, -0.25) is 4.79 Å². The van der Waals surface area contributed by atoms with Crippen molar-refractivity contribution in [2.24, 2.45) is 0 Å². The van der Waals surface area contributed by atoms with E-state index in [0.29, 0.717) is 24.6 Å². The average molecular weight is 390 g/mol. The molecule has 6 nitrogen and oxygen atoms in total. The van der Waals surface area contributed by atoms with Gasteiger partial charge in [0.05, 0.1) is 7.11 Å². The number of hydrogen-bond acceptors (Lipinski definition) is 5. The molecule has 2 N–H and O–H groups in total. The van der Waals surface area contributed by atoms with E-state index in [4.69, 9.17) is 4.74 Å². The van der Waals surface area contributed by atoms with E-state index in [-0.39, 0.29) is 5.91 Å². The maximum atomic E-state index is 12.6. The number of carbonyl (C=O) groups excluding carboxylic acids is 1. The lowest BCUT2D eigenvalue weighted by Gasteiger charge is -2.12. The van der Waals surface area contributed by atoms with Gasteiger partial charge in [0.15, 0.2) is 0 Å². The van der Waals surface area contributed by atoms with Gasteiger partial charge in [0, 0.05) is 17.9 Å². The van der Waals surface area contributed by atoms with Gasteiger partial charge in [-0.05, 0) is 49.1 Å². The molecule has 0 spiro atoms. The standard InChI is InChI=1S/C23H26N4O2/c1-4-17-9-5-7-11-19(17)26-23-25-16(2)15-20(27-23)22(28)24-14-13-18-10-6-8-12-21(18)29-3/h5-12,15H,4,13-14H2,1-3H3,(H,24,28)(H,25,26,27). The first kappa shape index (κ1) is 20.3. The minimum absolute atomic E-state index is 0.225. The number of rotatable bonds is 8. The highest BCUT2D eigenvalue weighted by Gasteiger charge is 2.12. The van der Waals surface area contributed by atoms with Crippen molar-refractivity contribution >= 4 is 17.5 Å². The number of anilines is 2. The highest BCUT2D eigenvalue weighted by atomic mass is 16.5. The number of aryl methyl sites for hydroxylation is 2. The molecular weight excluding hydrogens is 364 g/mol. The summed E-state index contributed by atoms with van der Waals surface area (Å²) in [6.07, 6.45) is 1.57. The van der Waals surface area contributed by atoms with Crippen LogP contribution >= 0.6 is 0 Å². The van der Waals surface area contributed by atoms with Crippen molar-refractivity contribution in [3.8, 4) is 5.75 Å². The van der Waals surface area contributed by atoms with Crippen molar-refractivity contribution in [1.29, 1.82) is 0 Å². The van der Waals surface area contributed by atoms with Crippen molar-refractivity contribution in [2.75, 3.05) is 19.0 Å². The fourth-order valence-electron chi connectivity index (χ4n) is 3.12. The van der Waals surface area contributed by atoms with Gasteiger partial charge < -0.3 is 15.4 Å². The van der Waals surface area contributed by atoms with Crippen LogP contribution in [0.1, 0.15) is 34.2 Å². The SMILES string of the molecule is CCc1ccccc1Nc1nc(C)cc(C(=O)NCCc2ccccc2OC)n1. The Morgan fingerprint density at radius 3 is 2.52 bits per heavy atom. The number of ether oxygens (including phenoxy) is 1. The molecule has 29 heavy (non-hydrogen) atoms. The summed E-state index contributed by atoms with van der Waals surface area (Å²) in [7, 11) is 1.65. The number of nitrogens with one attached hydrogen (secondary N) is 2. The van der Waals surface area contributed by atoms with Crippen molar-refractivity contribution in [1.82, 2.24) is 15.3 Å². The molecular formula is C23H26N4O2. The van der Waals surface area contributed by atoms with Crippen LogP contribution in [-0.2, 0) is 12.8 Å². The number of carbonyl (C=O) groups is 1. The molecule has 0 aliphatic rings. The minimum Gasteiger partial charge on any atom is -0.496 e. The summed E-state index contributed by atoms with van der Waals surface area (Å²) in [5.41, 5.74) is 4.23. The van der Waals surface area contributed by atoms with Crippen LogP contribution in [0.3, 0.4) is 0 Å². The van der Waals surface area contributed by atoms with Crippen LogP contribution in [0.25, 0.3) is 0 Å². The number of nitrogens with zero attached hydrogens (tertiary/aromatic N) is 2. The summed E-state index contributed by atoms with van der Waals surface area (Å²) in [6.45, 7) is 4.44. The predicted molar refractivity (Wildman–Crippen MR) is 115 cm³/mol. The Balaban J connectivity index is 1.68. The summed E-state index contributed by atoms with van der Waals surface area (Å²) in [5, 5.41) is 6.16. The third-order valence-corrected chi connectivity index (χ3v) is 4.60. The van der Waals surface area contributed by atoms with Gasteiger partial charge in [-0.15, -0.1) is 0 Å². The first-order valence-corrected chi connectivity index (χ1v) is 9.71.